The Kier molecular flexibility index (Phi) is 3.17. The highest BCUT2D eigenvalue weighted by Crippen LogP contribution is 2.39. The van der Waals surface area contributed by atoms with Gasteiger partial charge in [0, 0.05) is 6.54 Å². The van der Waals surface area contributed by atoms with Crippen LogP contribution in [0.5, 0.6) is 0 Å². The number of nitrogens with two attached hydrogens (primary N) is 1. The maximum absolute atomic E-state index is 5.96. The summed E-state index contributed by atoms with van der Waals surface area (Å²) in [5.74, 6) is 0.807. The van der Waals surface area contributed by atoms with E-state index in [1.807, 2.05) is 0 Å². The summed E-state index contributed by atoms with van der Waals surface area (Å²) < 4.78 is 5.96. The lowest BCUT2D eigenvalue weighted by atomic mass is 9.79. The molecule has 1 saturated carbocycles. The minimum Gasteiger partial charge on any atom is -0.369 e. The van der Waals surface area contributed by atoms with Gasteiger partial charge >= 0.3 is 0 Å². The highest BCUT2D eigenvalue weighted by molar-refractivity contribution is 5.29. The Morgan fingerprint density at radius 3 is 2.59 bits per heavy atom. The van der Waals surface area contributed by atoms with Crippen molar-refractivity contribution < 1.29 is 4.74 Å². The van der Waals surface area contributed by atoms with Gasteiger partial charge in [0.15, 0.2) is 0 Å². The van der Waals surface area contributed by atoms with Crippen molar-refractivity contribution in [2.24, 2.45) is 5.73 Å². The van der Waals surface area contributed by atoms with Crippen molar-refractivity contribution in [3.63, 3.8) is 0 Å². The quantitative estimate of drug-likeness (QED) is 0.867. The molecule has 3 rings (SSSR count). The van der Waals surface area contributed by atoms with Gasteiger partial charge in [0.25, 0.3) is 0 Å². The average Bonchev–Trinajstić information content (AvgIpc) is 2.75. The highest BCUT2D eigenvalue weighted by Gasteiger charge is 2.26. The van der Waals surface area contributed by atoms with Gasteiger partial charge in [0.2, 0.25) is 0 Å². The van der Waals surface area contributed by atoms with Crippen LogP contribution in [-0.4, -0.2) is 12.6 Å². The van der Waals surface area contributed by atoms with Crippen LogP contribution < -0.4 is 5.73 Å². The van der Waals surface area contributed by atoms with E-state index in [1.54, 1.807) is 0 Å². The zero-order valence-corrected chi connectivity index (χ0v) is 10.3. The van der Waals surface area contributed by atoms with Crippen molar-refractivity contribution in [2.45, 2.75) is 50.2 Å². The standard InChI is InChI=1S/C15H21NO/c16-10-14-7-8-15(17-14)13-6-2-5-12(9-13)11-3-1-4-11/h2,5-6,9,11,14-15H,1,3-4,7-8,10,16H2/t14-,15+/m1/s1. The molecular formula is C15H21NO. The lowest BCUT2D eigenvalue weighted by Crippen LogP contribution is -2.18. The van der Waals surface area contributed by atoms with Crippen LogP contribution in [0.15, 0.2) is 24.3 Å². The Morgan fingerprint density at radius 1 is 1.12 bits per heavy atom. The highest BCUT2D eigenvalue weighted by atomic mass is 16.5. The fourth-order valence-corrected chi connectivity index (χ4v) is 2.88. The molecule has 2 nitrogen and oxygen atoms in total. The van der Waals surface area contributed by atoms with Gasteiger partial charge in [-0.25, -0.2) is 0 Å². The second-order valence-corrected chi connectivity index (χ2v) is 5.36. The molecule has 0 radical (unpaired) electrons. The first-order valence-electron chi connectivity index (χ1n) is 6.82. The maximum atomic E-state index is 5.96. The second-order valence-electron chi connectivity index (χ2n) is 5.36. The Morgan fingerprint density at radius 2 is 1.94 bits per heavy atom. The first-order chi connectivity index (χ1) is 8.36. The third-order valence-corrected chi connectivity index (χ3v) is 4.23. The summed E-state index contributed by atoms with van der Waals surface area (Å²) in [5.41, 5.74) is 8.52. The van der Waals surface area contributed by atoms with Crippen LogP contribution in [0.1, 0.15) is 55.3 Å². The van der Waals surface area contributed by atoms with Crippen LogP contribution in [0.4, 0.5) is 0 Å². The first-order valence-corrected chi connectivity index (χ1v) is 6.82. The van der Waals surface area contributed by atoms with Gasteiger partial charge < -0.3 is 10.5 Å². The Balaban J connectivity index is 1.74. The molecule has 0 bridgehead atoms. The predicted molar refractivity (Wildman–Crippen MR) is 68.9 cm³/mol. The maximum Gasteiger partial charge on any atom is 0.0830 e. The van der Waals surface area contributed by atoms with E-state index in [-0.39, 0.29) is 12.2 Å². The molecule has 2 fully saturated rings. The SMILES string of the molecule is NC[C@H]1CC[C@@H](c2cccc(C3CCC3)c2)O1. The predicted octanol–water partition coefficient (Wildman–Crippen LogP) is 3.13. The molecule has 2 atom stereocenters. The summed E-state index contributed by atoms with van der Waals surface area (Å²) in [6.45, 7) is 0.652. The zero-order chi connectivity index (χ0) is 11.7. The number of rotatable bonds is 3. The van der Waals surface area contributed by atoms with Crippen molar-refractivity contribution in [3.8, 4) is 0 Å². The third kappa shape index (κ3) is 2.24. The normalized spacial score (nSPS) is 29.2. The van der Waals surface area contributed by atoms with Crippen molar-refractivity contribution in [1.82, 2.24) is 0 Å². The fraction of sp³-hybridized carbons (Fsp3) is 0.600. The number of hydrogen-bond acceptors (Lipinski definition) is 2. The largest absolute Gasteiger partial charge is 0.369 e. The summed E-state index contributed by atoms with van der Waals surface area (Å²) in [5, 5.41) is 0. The molecule has 2 N–H and O–H groups in total. The van der Waals surface area contributed by atoms with E-state index >= 15 is 0 Å². The molecule has 1 aliphatic heterocycles. The molecule has 0 spiro atoms. The molecule has 1 heterocycles. The lowest BCUT2D eigenvalue weighted by Gasteiger charge is -2.26. The topological polar surface area (TPSA) is 35.2 Å². The third-order valence-electron chi connectivity index (χ3n) is 4.23. The van der Waals surface area contributed by atoms with E-state index in [2.05, 4.69) is 24.3 Å². The minimum atomic E-state index is 0.271. The Hall–Kier alpha value is -0.860. The fourth-order valence-electron chi connectivity index (χ4n) is 2.88. The Labute approximate surface area is 103 Å². The summed E-state index contributed by atoms with van der Waals surface area (Å²) in [7, 11) is 0. The van der Waals surface area contributed by atoms with E-state index in [1.165, 1.54) is 30.4 Å². The van der Waals surface area contributed by atoms with E-state index in [0.717, 1.165) is 18.8 Å². The van der Waals surface area contributed by atoms with E-state index in [4.69, 9.17) is 10.5 Å². The number of hydrogen-bond donors (Lipinski definition) is 1. The smallest absolute Gasteiger partial charge is 0.0830 e. The monoisotopic (exact) mass is 231 g/mol. The summed E-state index contributed by atoms with van der Waals surface area (Å²) in [4.78, 5) is 0. The van der Waals surface area contributed by atoms with Gasteiger partial charge in [-0.05, 0) is 42.7 Å². The van der Waals surface area contributed by atoms with Gasteiger partial charge in [-0.3, -0.25) is 0 Å². The summed E-state index contributed by atoms with van der Waals surface area (Å²) in [6, 6.07) is 9.00. The molecule has 2 heteroatoms. The van der Waals surface area contributed by atoms with Crippen molar-refractivity contribution in [1.29, 1.82) is 0 Å². The van der Waals surface area contributed by atoms with Gasteiger partial charge in [0.1, 0.15) is 0 Å². The van der Waals surface area contributed by atoms with E-state index in [0.29, 0.717) is 6.54 Å². The van der Waals surface area contributed by atoms with Crippen LogP contribution in [0.3, 0.4) is 0 Å². The first kappa shape index (κ1) is 11.2. The van der Waals surface area contributed by atoms with Crippen LogP contribution >= 0.6 is 0 Å². The summed E-state index contributed by atoms with van der Waals surface area (Å²) >= 11 is 0. The molecule has 0 amide bonds. The van der Waals surface area contributed by atoms with Gasteiger partial charge in [-0.1, -0.05) is 30.7 Å². The van der Waals surface area contributed by atoms with Gasteiger partial charge in [-0.2, -0.15) is 0 Å². The molecule has 1 saturated heterocycles. The van der Waals surface area contributed by atoms with Crippen LogP contribution in [0.25, 0.3) is 0 Å². The molecule has 0 aromatic heterocycles. The molecule has 2 aliphatic rings. The molecule has 1 aromatic carbocycles. The van der Waals surface area contributed by atoms with Crippen molar-refractivity contribution in [3.05, 3.63) is 35.4 Å². The van der Waals surface area contributed by atoms with Crippen molar-refractivity contribution >= 4 is 0 Å². The van der Waals surface area contributed by atoms with E-state index < -0.39 is 0 Å². The molecule has 1 aliphatic carbocycles. The average molecular weight is 231 g/mol. The van der Waals surface area contributed by atoms with Crippen LogP contribution in [0.2, 0.25) is 0 Å². The van der Waals surface area contributed by atoms with E-state index in [9.17, 15) is 0 Å². The minimum absolute atomic E-state index is 0.271. The molecule has 1 aromatic rings. The molecule has 17 heavy (non-hydrogen) atoms. The van der Waals surface area contributed by atoms with Crippen molar-refractivity contribution in [2.75, 3.05) is 6.54 Å². The van der Waals surface area contributed by atoms with Gasteiger partial charge in [0.05, 0.1) is 12.2 Å². The molecule has 92 valence electrons. The number of ether oxygens (including phenoxy) is 1. The number of benzene rings is 1. The summed E-state index contributed by atoms with van der Waals surface area (Å²) in [6.07, 6.45) is 6.89. The molecule has 0 unspecified atom stereocenters. The zero-order valence-electron chi connectivity index (χ0n) is 10.3. The van der Waals surface area contributed by atoms with Crippen LogP contribution in [-0.2, 0) is 4.74 Å². The van der Waals surface area contributed by atoms with Gasteiger partial charge in [-0.15, -0.1) is 0 Å². The van der Waals surface area contributed by atoms with Crippen LogP contribution in [0, 0.1) is 0 Å². The molecular weight excluding hydrogens is 210 g/mol. The second kappa shape index (κ2) is 4.79. The lowest BCUT2D eigenvalue weighted by molar-refractivity contribution is 0.0498. The Bertz CT molecular complexity index is 386.